The van der Waals surface area contributed by atoms with E-state index in [4.69, 9.17) is 0 Å². The van der Waals surface area contributed by atoms with Crippen LogP contribution in [0.3, 0.4) is 0 Å². The Balaban J connectivity index is 1.40. The molecule has 4 rings (SSSR count). The van der Waals surface area contributed by atoms with Crippen molar-refractivity contribution in [2.75, 3.05) is 26.2 Å². The lowest BCUT2D eigenvalue weighted by Crippen LogP contribution is -2.50. The van der Waals surface area contributed by atoms with Crippen LogP contribution in [0.4, 0.5) is 0 Å². The molecule has 0 saturated carbocycles. The number of piperidine rings is 1. The van der Waals surface area contributed by atoms with E-state index in [0.29, 0.717) is 26.1 Å². The Kier molecular flexibility index (Phi) is 5.57. The van der Waals surface area contributed by atoms with Crippen LogP contribution in [0.25, 0.3) is 0 Å². The van der Waals surface area contributed by atoms with Gasteiger partial charge in [-0.15, -0.1) is 0 Å². The lowest BCUT2D eigenvalue weighted by Gasteiger charge is -2.39. The smallest absolute Gasteiger partial charge is 0.325 e. The third-order valence-corrected chi connectivity index (χ3v) is 6.25. The van der Waals surface area contributed by atoms with Gasteiger partial charge in [0.15, 0.2) is 0 Å². The second-order valence-electron chi connectivity index (χ2n) is 8.23. The third kappa shape index (κ3) is 3.94. The summed E-state index contributed by atoms with van der Waals surface area (Å²) >= 11 is 0. The second kappa shape index (κ2) is 8.30. The lowest BCUT2D eigenvalue weighted by atomic mass is 9.78. The number of nitrogens with one attached hydrogen (secondary N) is 2. The van der Waals surface area contributed by atoms with Gasteiger partial charge in [-0.2, -0.15) is 0 Å². The minimum Gasteiger partial charge on any atom is -0.342 e. The Morgan fingerprint density at radius 2 is 1.87 bits per heavy atom. The number of aromatic amines is 2. The summed E-state index contributed by atoms with van der Waals surface area (Å²) in [5.74, 6) is -0.328. The number of likely N-dealkylation sites (tertiary alicyclic amines) is 2. The molecule has 2 N–H and O–H groups in total. The highest BCUT2D eigenvalue weighted by Gasteiger charge is 2.49. The summed E-state index contributed by atoms with van der Waals surface area (Å²) in [5.41, 5.74) is -0.754. The average Bonchev–Trinajstić information content (AvgIpc) is 3.17. The Bertz CT molecular complexity index is 1040. The first kappa shape index (κ1) is 20.1. The molecule has 2 fully saturated rings. The first-order valence-electron chi connectivity index (χ1n) is 10.4. The van der Waals surface area contributed by atoms with Crippen LogP contribution in [0.15, 0.2) is 46.1 Å². The SMILES string of the molecule is O=C(c1c[nH]c(=O)[nH]c1=O)N1CC[C@]2(CCCN(CCCc3ccccc3)C2=O)C1. The maximum atomic E-state index is 13.3. The molecule has 8 nitrogen and oxygen atoms in total. The van der Waals surface area contributed by atoms with Gasteiger partial charge < -0.3 is 14.8 Å². The fourth-order valence-electron chi connectivity index (χ4n) is 4.65. The number of H-pyrrole nitrogens is 2. The number of carbonyl (C=O) groups is 2. The van der Waals surface area contributed by atoms with E-state index >= 15 is 0 Å². The van der Waals surface area contributed by atoms with Crippen molar-refractivity contribution in [2.24, 2.45) is 5.41 Å². The van der Waals surface area contributed by atoms with Crippen LogP contribution in [0.2, 0.25) is 0 Å². The van der Waals surface area contributed by atoms with Crippen LogP contribution in [0, 0.1) is 5.41 Å². The van der Waals surface area contributed by atoms with Crippen molar-refractivity contribution < 1.29 is 9.59 Å². The summed E-state index contributed by atoms with van der Waals surface area (Å²) in [6.45, 7) is 2.21. The van der Waals surface area contributed by atoms with Crippen molar-refractivity contribution in [3.05, 3.63) is 68.5 Å². The van der Waals surface area contributed by atoms with Gasteiger partial charge in [-0.05, 0) is 37.7 Å². The molecule has 2 aliphatic rings. The van der Waals surface area contributed by atoms with Crippen LogP contribution in [-0.2, 0) is 11.2 Å². The minimum absolute atomic E-state index is 0.102. The van der Waals surface area contributed by atoms with Gasteiger partial charge in [-0.3, -0.25) is 19.4 Å². The van der Waals surface area contributed by atoms with E-state index in [1.165, 1.54) is 5.56 Å². The van der Waals surface area contributed by atoms with Crippen molar-refractivity contribution in [2.45, 2.75) is 32.1 Å². The summed E-state index contributed by atoms with van der Waals surface area (Å²) < 4.78 is 0. The average molecular weight is 410 g/mol. The number of benzene rings is 1. The van der Waals surface area contributed by atoms with Crippen LogP contribution >= 0.6 is 0 Å². The topological polar surface area (TPSA) is 106 Å². The molecular formula is C22H26N4O4. The van der Waals surface area contributed by atoms with Gasteiger partial charge in [0.05, 0.1) is 5.41 Å². The molecule has 2 saturated heterocycles. The summed E-state index contributed by atoms with van der Waals surface area (Å²) in [6, 6.07) is 10.2. The van der Waals surface area contributed by atoms with E-state index in [1.807, 2.05) is 23.1 Å². The maximum Gasteiger partial charge on any atom is 0.325 e. The number of rotatable bonds is 5. The number of nitrogens with zero attached hydrogens (tertiary/aromatic N) is 2. The second-order valence-corrected chi connectivity index (χ2v) is 8.23. The zero-order chi connectivity index (χ0) is 21.1. The van der Waals surface area contributed by atoms with Crippen molar-refractivity contribution in [3.8, 4) is 0 Å². The molecule has 3 heterocycles. The predicted octanol–water partition coefficient (Wildman–Crippen LogP) is 1.15. The molecule has 8 heteroatoms. The van der Waals surface area contributed by atoms with Gasteiger partial charge in [0.2, 0.25) is 5.91 Å². The molecule has 0 unspecified atom stereocenters. The van der Waals surface area contributed by atoms with Gasteiger partial charge in [0.25, 0.3) is 11.5 Å². The van der Waals surface area contributed by atoms with E-state index in [2.05, 4.69) is 22.1 Å². The van der Waals surface area contributed by atoms with Gasteiger partial charge >= 0.3 is 5.69 Å². The quantitative estimate of drug-likeness (QED) is 0.771. The van der Waals surface area contributed by atoms with Crippen LogP contribution in [0.5, 0.6) is 0 Å². The molecule has 30 heavy (non-hydrogen) atoms. The van der Waals surface area contributed by atoms with Crippen LogP contribution in [0.1, 0.15) is 41.6 Å². The minimum atomic E-state index is -0.706. The van der Waals surface area contributed by atoms with Crippen LogP contribution < -0.4 is 11.2 Å². The third-order valence-electron chi connectivity index (χ3n) is 6.25. The highest BCUT2D eigenvalue weighted by Crippen LogP contribution is 2.40. The van der Waals surface area contributed by atoms with E-state index in [9.17, 15) is 19.2 Å². The Morgan fingerprint density at radius 3 is 2.63 bits per heavy atom. The molecule has 1 atom stereocenters. The number of amides is 2. The Hall–Kier alpha value is -3.16. The van der Waals surface area contributed by atoms with Gasteiger partial charge in [-0.1, -0.05) is 30.3 Å². The number of aryl methyl sites for hydroxylation is 1. The van der Waals surface area contributed by atoms with E-state index in [1.54, 1.807) is 4.90 Å². The van der Waals surface area contributed by atoms with Crippen molar-refractivity contribution in [1.82, 2.24) is 19.8 Å². The van der Waals surface area contributed by atoms with Crippen molar-refractivity contribution >= 4 is 11.8 Å². The number of aromatic nitrogens is 2. The van der Waals surface area contributed by atoms with E-state index < -0.39 is 22.6 Å². The molecule has 0 bridgehead atoms. The zero-order valence-corrected chi connectivity index (χ0v) is 16.9. The molecule has 1 aromatic carbocycles. The molecule has 1 spiro atoms. The monoisotopic (exact) mass is 410 g/mol. The largest absolute Gasteiger partial charge is 0.342 e. The van der Waals surface area contributed by atoms with Crippen molar-refractivity contribution in [3.63, 3.8) is 0 Å². The molecule has 2 amide bonds. The van der Waals surface area contributed by atoms with Gasteiger partial charge in [0, 0.05) is 32.4 Å². The Morgan fingerprint density at radius 1 is 1.07 bits per heavy atom. The standard InChI is InChI=1S/C22H26N4O4/c27-18-17(14-23-21(30)24-18)19(28)26-13-10-22(15-26)9-5-12-25(20(22)29)11-4-8-16-6-2-1-3-7-16/h1-3,6-7,14H,4-5,8-13,15H2,(H2,23,24,27,30)/t22-/m1/s1. The summed E-state index contributed by atoms with van der Waals surface area (Å²) in [5, 5.41) is 0. The first-order chi connectivity index (χ1) is 14.5. The molecule has 2 aromatic rings. The lowest BCUT2D eigenvalue weighted by molar-refractivity contribution is -0.145. The molecule has 1 aromatic heterocycles. The number of hydrogen-bond acceptors (Lipinski definition) is 4. The molecule has 0 radical (unpaired) electrons. The molecule has 158 valence electrons. The van der Waals surface area contributed by atoms with Crippen molar-refractivity contribution in [1.29, 1.82) is 0 Å². The van der Waals surface area contributed by atoms with Gasteiger partial charge in [-0.25, -0.2) is 4.79 Å². The summed E-state index contributed by atoms with van der Waals surface area (Å²) in [4.78, 5) is 57.1. The fraction of sp³-hybridized carbons (Fsp3) is 0.455. The summed E-state index contributed by atoms with van der Waals surface area (Å²) in [6.07, 6.45) is 5.25. The molecule has 2 aliphatic heterocycles. The molecule has 0 aliphatic carbocycles. The fourth-order valence-corrected chi connectivity index (χ4v) is 4.65. The first-order valence-corrected chi connectivity index (χ1v) is 10.4. The Labute approximate surface area is 173 Å². The highest BCUT2D eigenvalue weighted by molar-refractivity contribution is 5.95. The van der Waals surface area contributed by atoms with Crippen LogP contribution in [-0.4, -0.2) is 57.8 Å². The van der Waals surface area contributed by atoms with Gasteiger partial charge in [0.1, 0.15) is 5.56 Å². The predicted molar refractivity (Wildman–Crippen MR) is 111 cm³/mol. The normalized spacial score (nSPS) is 21.4. The zero-order valence-electron chi connectivity index (χ0n) is 16.9. The number of hydrogen-bond donors (Lipinski definition) is 2. The number of carbonyl (C=O) groups excluding carboxylic acids is 2. The summed E-state index contributed by atoms with van der Waals surface area (Å²) in [7, 11) is 0. The van der Waals surface area contributed by atoms with E-state index in [0.717, 1.165) is 38.4 Å². The maximum absolute atomic E-state index is 13.3. The molecular weight excluding hydrogens is 384 g/mol. The highest BCUT2D eigenvalue weighted by atomic mass is 16.2. The van der Waals surface area contributed by atoms with E-state index in [-0.39, 0.29) is 11.5 Å².